The average Bonchev–Trinajstić information content (AvgIpc) is 2.38. The molecular formula is C13H24N2O4S. The van der Waals surface area contributed by atoms with E-state index in [0.717, 1.165) is 25.9 Å². The Balaban J connectivity index is 1.87. The summed E-state index contributed by atoms with van der Waals surface area (Å²) in [6, 6.07) is -0.157. The van der Waals surface area contributed by atoms with Gasteiger partial charge in [0.1, 0.15) is 0 Å². The molecule has 0 aliphatic carbocycles. The molecule has 2 heterocycles. The Labute approximate surface area is 121 Å². The largest absolute Gasteiger partial charge is 0.378 e. The van der Waals surface area contributed by atoms with Crippen molar-refractivity contribution in [3.8, 4) is 0 Å². The minimum absolute atomic E-state index is 0.0412. The van der Waals surface area contributed by atoms with Crippen LogP contribution in [-0.4, -0.2) is 68.2 Å². The van der Waals surface area contributed by atoms with Gasteiger partial charge in [-0.15, -0.1) is 0 Å². The van der Waals surface area contributed by atoms with Crippen molar-refractivity contribution in [3.05, 3.63) is 0 Å². The number of amides is 1. The van der Waals surface area contributed by atoms with Crippen LogP contribution in [0.3, 0.4) is 0 Å². The molecule has 2 fully saturated rings. The predicted octanol–water partition coefficient (Wildman–Crippen LogP) is 0.438. The van der Waals surface area contributed by atoms with Crippen LogP contribution in [0.4, 0.5) is 0 Å². The Hall–Kier alpha value is -0.660. The first-order valence-electron chi connectivity index (χ1n) is 7.24. The number of sulfonamides is 1. The summed E-state index contributed by atoms with van der Waals surface area (Å²) in [5.41, 5.74) is 0. The standard InChI is InChI=1S/C13H24N2O4S/c1-11-10-14(6-7-15(11)20(2,17)18)13(16)9-12-5-3-4-8-19-12/h11-12H,3-10H2,1-2H3/t11-,12?/m0/s1. The lowest BCUT2D eigenvalue weighted by atomic mass is 10.1. The van der Waals surface area contributed by atoms with Gasteiger partial charge in [0.2, 0.25) is 15.9 Å². The van der Waals surface area contributed by atoms with E-state index in [9.17, 15) is 13.2 Å². The molecule has 1 unspecified atom stereocenters. The molecule has 0 aromatic carbocycles. The third-order valence-electron chi connectivity index (χ3n) is 4.02. The van der Waals surface area contributed by atoms with Crippen molar-refractivity contribution in [3.63, 3.8) is 0 Å². The fourth-order valence-corrected chi connectivity index (χ4v) is 4.09. The summed E-state index contributed by atoms with van der Waals surface area (Å²) in [4.78, 5) is 14.0. The fourth-order valence-electron chi connectivity index (χ4n) is 2.95. The van der Waals surface area contributed by atoms with E-state index in [0.29, 0.717) is 26.1 Å². The Kier molecular flexibility index (Phi) is 5.04. The molecule has 20 heavy (non-hydrogen) atoms. The quantitative estimate of drug-likeness (QED) is 0.759. The first-order valence-corrected chi connectivity index (χ1v) is 9.09. The zero-order valence-electron chi connectivity index (χ0n) is 12.2. The molecule has 0 bridgehead atoms. The minimum atomic E-state index is -3.18. The molecule has 0 saturated carbocycles. The van der Waals surface area contributed by atoms with Crippen molar-refractivity contribution < 1.29 is 17.9 Å². The summed E-state index contributed by atoms with van der Waals surface area (Å²) in [6.45, 7) is 3.92. The van der Waals surface area contributed by atoms with Gasteiger partial charge < -0.3 is 9.64 Å². The van der Waals surface area contributed by atoms with Crippen LogP contribution in [0.2, 0.25) is 0 Å². The number of hydrogen-bond donors (Lipinski definition) is 0. The number of nitrogens with zero attached hydrogens (tertiary/aromatic N) is 2. The molecule has 0 spiro atoms. The summed E-state index contributed by atoms with van der Waals surface area (Å²) >= 11 is 0. The lowest BCUT2D eigenvalue weighted by Crippen LogP contribution is -2.55. The highest BCUT2D eigenvalue weighted by molar-refractivity contribution is 7.88. The van der Waals surface area contributed by atoms with Crippen molar-refractivity contribution in [2.24, 2.45) is 0 Å². The normalized spacial score (nSPS) is 29.4. The lowest BCUT2D eigenvalue weighted by Gasteiger charge is -2.38. The van der Waals surface area contributed by atoms with Gasteiger partial charge in [0.25, 0.3) is 0 Å². The van der Waals surface area contributed by atoms with Gasteiger partial charge in [0, 0.05) is 32.3 Å². The molecule has 2 aliphatic rings. The second-order valence-corrected chi connectivity index (χ2v) is 7.69. The Bertz CT molecular complexity index is 445. The maximum atomic E-state index is 12.2. The van der Waals surface area contributed by atoms with Crippen molar-refractivity contribution in [1.29, 1.82) is 0 Å². The molecule has 1 amide bonds. The van der Waals surface area contributed by atoms with Crippen molar-refractivity contribution >= 4 is 15.9 Å². The summed E-state index contributed by atoms with van der Waals surface area (Å²) in [6.07, 6.45) is 4.83. The van der Waals surface area contributed by atoms with E-state index < -0.39 is 10.0 Å². The molecule has 0 aromatic heterocycles. The predicted molar refractivity (Wildman–Crippen MR) is 75.8 cm³/mol. The van der Waals surface area contributed by atoms with Crippen molar-refractivity contribution in [2.75, 3.05) is 32.5 Å². The Morgan fingerprint density at radius 2 is 2.05 bits per heavy atom. The van der Waals surface area contributed by atoms with Gasteiger partial charge in [-0.1, -0.05) is 0 Å². The van der Waals surface area contributed by atoms with Crippen LogP contribution in [0.5, 0.6) is 0 Å². The second kappa shape index (κ2) is 6.41. The third-order valence-corrected chi connectivity index (χ3v) is 5.42. The first kappa shape index (κ1) is 15.7. The monoisotopic (exact) mass is 304 g/mol. The topological polar surface area (TPSA) is 66.9 Å². The van der Waals surface area contributed by atoms with E-state index in [-0.39, 0.29) is 18.1 Å². The summed E-state index contributed by atoms with van der Waals surface area (Å²) < 4.78 is 30.2. The van der Waals surface area contributed by atoms with Gasteiger partial charge in [0.15, 0.2) is 0 Å². The molecule has 0 radical (unpaired) electrons. The number of ether oxygens (including phenoxy) is 1. The van der Waals surface area contributed by atoms with E-state index in [1.165, 1.54) is 10.6 Å². The first-order chi connectivity index (χ1) is 9.38. The Morgan fingerprint density at radius 1 is 1.30 bits per heavy atom. The smallest absolute Gasteiger partial charge is 0.225 e. The van der Waals surface area contributed by atoms with Crippen LogP contribution >= 0.6 is 0 Å². The average molecular weight is 304 g/mol. The minimum Gasteiger partial charge on any atom is -0.378 e. The number of hydrogen-bond acceptors (Lipinski definition) is 4. The van der Waals surface area contributed by atoms with Gasteiger partial charge in [-0.05, 0) is 26.2 Å². The molecule has 2 aliphatic heterocycles. The zero-order valence-corrected chi connectivity index (χ0v) is 13.1. The van der Waals surface area contributed by atoms with E-state index >= 15 is 0 Å². The molecular weight excluding hydrogens is 280 g/mol. The summed E-state index contributed by atoms with van der Waals surface area (Å²) in [5, 5.41) is 0. The summed E-state index contributed by atoms with van der Waals surface area (Å²) in [7, 11) is -3.18. The van der Waals surface area contributed by atoms with Crippen LogP contribution in [0.1, 0.15) is 32.6 Å². The molecule has 7 heteroatoms. The molecule has 0 N–H and O–H groups in total. The number of rotatable bonds is 3. The van der Waals surface area contributed by atoms with Gasteiger partial charge in [-0.25, -0.2) is 8.42 Å². The molecule has 116 valence electrons. The molecule has 0 aromatic rings. The highest BCUT2D eigenvalue weighted by Crippen LogP contribution is 2.19. The maximum Gasteiger partial charge on any atom is 0.225 e. The SMILES string of the molecule is C[C@H]1CN(C(=O)CC2CCCCO2)CCN1S(C)(=O)=O. The molecule has 6 nitrogen and oxygen atoms in total. The fraction of sp³-hybridized carbons (Fsp3) is 0.923. The highest BCUT2D eigenvalue weighted by atomic mass is 32.2. The zero-order chi connectivity index (χ0) is 14.8. The Morgan fingerprint density at radius 3 is 2.60 bits per heavy atom. The van der Waals surface area contributed by atoms with Crippen LogP contribution in [0, 0.1) is 0 Å². The third kappa shape index (κ3) is 3.93. The van der Waals surface area contributed by atoms with Crippen LogP contribution in [0.25, 0.3) is 0 Å². The van der Waals surface area contributed by atoms with Gasteiger partial charge in [0.05, 0.1) is 18.8 Å². The highest BCUT2D eigenvalue weighted by Gasteiger charge is 2.32. The van der Waals surface area contributed by atoms with E-state index in [1.807, 2.05) is 6.92 Å². The summed E-state index contributed by atoms with van der Waals surface area (Å²) in [5.74, 6) is 0.0805. The van der Waals surface area contributed by atoms with Gasteiger partial charge in [-0.3, -0.25) is 4.79 Å². The van der Waals surface area contributed by atoms with Gasteiger partial charge in [-0.2, -0.15) is 4.31 Å². The maximum absolute atomic E-state index is 12.2. The number of carbonyl (C=O) groups excluding carboxylic acids is 1. The van der Waals surface area contributed by atoms with Crippen LogP contribution in [-0.2, 0) is 19.6 Å². The van der Waals surface area contributed by atoms with Gasteiger partial charge >= 0.3 is 0 Å². The molecule has 2 atom stereocenters. The van der Waals surface area contributed by atoms with E-state index in [4.69, 9.17) is 4.74 Å². The molecule has 2 rings (SSSR count). The van der Waals surface area contributed by atoms with E-state index in [1.54, 1.807) is 4.90 Å². The second-order valence-electron chi connectivity index (χ2n) is 5.76. The lowest BCUT2D eigenvalue weighted by molar-refractivity contribution is -0.137. The number of carbonyl (C=O) groups is 1. The van der Waals surface area contributed by atoms with E-state index in [2.05, 4.69) is 0 Å². The van der Waals surface area contributed by atoms with Crippen molar-refractivity contribution in [1.82, 2.24) is 9.21 Å². The molecule has 2 saturated heterocycles. The number of piperazine rings is 1. The van der Waals surface area contributed by atoms with Crippen molar-refractivity contribution in [2.45, 2.75) is 44.8 Å². The van der Waals surface area contributed by atoms with Crippen LogP contribution < -0.4 is 0 Å². The van der Waals surface area contributed by atoms with Crippen LogP contribution in [0.15, 0.2) is 0 Å².